The van der Waals surface area contributed by atoms with Gasteiger partial charge in [-0.25, -0.2) is 10.8 Å². The first-order valence-corrected chi connectivity index (χ1v) is 6.94. The summed E-state index contributed by atoms with van der Waals surface area (Å²) in [5, 5.41) is 0.835. The molecule has 3 N–H and O–H groups in total. The van der Waals surface area contributed by atoms with E-state index in [1.807, 2.05) is 31.3 Å². The van der Waals surface area contributed by atoms with Crippen LogP contribution in [0.15, 0.2) is 30.3 Å². The quantitative estimate of drug-likeness (QED) is 0.672. The predicted molar refractivity (Wildman–Crippen MR) is 86.0 cm³/mol. The van der Waals surface area contributed by atoms with Gasteiger partial charge in [-0.15, -0.1) is 0 Å². The smallest absolute Gasteiger partial charge is 0.254 e. The van der Waals surface area contributed by atoms with E-state index in [2.05, 4.69) is 31.2 Å². The van der Waals surface area contributed by atoms with Crippen LogP contribution in [-0.4, -0.2) is 29.4 Å². The minimum Gasteiger partial charge on any atom is -0.341 e. The molecule has 1 aromatic heterocycles. The number of fused-ring (bicyclic) bond motifs is 1. The lowest BCUT2D eigenvalue weighted by Gasteiger charge is -2.27. The maximum absolute atomic E-state index is 12.7. The Hall–Kier alpha value is -2.14. The zero-order chi connectivity index (χ0) is 15.6. The van der Waals surface area contributed by atoms with Crippen LogP contribution in [0.2, 0.25) is 0 Å². The van der Waals surface area contributed by atoms with Crippen LogP contribution in [0.5, 0.6) is 0 Å². The molecule has 0 radical (unpaired) electrons. The molecular formula is C16H22N4O. The summed E-state index contributed by atoms with van der Waals surface area (Å²) in [7, 11) is 1.82. The third-order valence-electron chi connectivity index (χ3n) is 3.15. The fraction of sp³-hybridized carbons (Fsp3) is 0.375. The van der Waals surface area contributed by atoms with E-state index in [9.17, 15) is 4.79 Å². The number of carbonyl (C=O) groups is 1. The number of nitrogen functional groups attached to an aromatic ring is 1. The Balaban J connectivity index is 2.47. The summed E-state index contributed by atoms with van der Waals surface area (Å²) in [6, 6.07) is 9.27. The van der Waals surface area contributed by atoms with Crippen molar-refractivity contribution in [2.75, 3.05) is 19.0 Å². The molecule has 0 aliphatic carbocycles. The SMILES string of the molecule is CN(CC(C)(C)C)C(=O)c1cc(NN)nc2ccccc12. The molecule has 21 heavy (non-hydrogen) atoms. The zero-order valence-corrected chi connectivity index (χ0v) is 13.0. The van der Waals surface area contributed by atoms with E-state index in [0.29, 0.717) is 17.9 Å². The largest absolute Gasteiger partial charge is 0.341 e. The lowest BCUT2D eigenvalue weighted by atomic mass is 9.96. The summed E-state index contributed by atoms with van der Waals surface area (Å²) in [6.45, 7) is 6.99. The lowest BCUT2D eigenvalue weighted by Crippen LogP contribution is -2.34. The van der Waals surface area contributed by atoms with Crippen molar-refractivity contribution in [2.24, 2.45) is 11.3 Å². The molecule has 0 fully saturated rings. The van der Waals surface area contributed by atoms with Crippen molar-refractivity contribution in [3.8, 4) is 0 Å². The lowest BCUT2D eigenvalue weighted by molar-refractivity contribution is 0.0747. The third-order valence-corrected chi connectivity index (χ3v) is 3.15. The molecule has 1 aromatic carbocycles. The molecule has 1 heterocycles. The second-order valence-electron chi connectivity index (χ2n) is 6.44. The third kappa shape index (κ3) is 3.49. The number of carbonyl (C=O) groups excluding carboxylic acids is 1. The molecule has 2 aromatic rings. The highest BCUT2D eigenvalue weighted by atomic mass is 16.2. The summed E-state index contributed by atoms with van der Waals surface area (Å²) in [5.41, 5.74) is 3.93. The Morgan fingerprint density at radius 3 is 2.62 bits per heavy atom. The molecule has 0 unspecified atom stereocenters. The summed E-state index contributed by atoms with van der Waals surface area (Å²) in [4.78, 5) is 18.8. The van der Waals surface area contributed by atoms with Gasteiger partial charge in [-0.3, -0.25) is 4.79 Å². The zero-order valence-electron chi connectivity index (χ0n) is 13.0. The number of pyridine rings is 1. The van der Waals surface area contributed by atoms with Gasteiger partial charge in [0.1, 0.15) is 5.82 Å². The van der Waals surface area contributed by atoms with Crippen LogP contribution in [0.4, 0.5) is 5.82 Å². The topological polar surface area (TPSA) is 71.2 Å². The maximum atomic E-state index is 12.7. The number of nitrogens with zero attached hydrogens (tertiary/aromatic N) is 2. The highest BCUT2D eigenvalue weighted by molar-refractivity contribution is 6.06. The molecule has 112 valence electrons. The second kappa shape index (κ2) is 5.69. The summed E-state index contributed by atoms with van der Waals surface area (Å²) in [5.74, 6) is 5.91. The first-order chi connectivity index (χ1) is 9.81. The van der Waals surface area contributed by atoms with Crippen molar-refractivity contribution in [3.63, 3.8) is 0 Å². The Kier molecular flexibility index (Phi) is 4.14. The van der Waals surface area contributed by atoms with Crippen molar-refractivity contribution >= 4 is 22.6 Å². The molecular weight excluding hydrogens is 264 g/mol. The van der Waals surface area contributed by atoms with Crippen LogP contribution in [0.25, 0.3) is 10.9 Å². The minimum absolute atomic E-state index is 0.0278. The van der Waals surface area contributed by atoms with E-state index in [0.717, 1.165) is 10.9 Å². The summed E-state index contributed by atoms with van der Waals surface area (Å²) >= 11 is 0. The first kappa shape index (κ1) is 15.3. The number of nitrogens with two attached hydrogens (primary N) is 1. The molecule has 2 rings (SSSR count). The minimum atomic E-state index is -0.0278. The van der Waals surface area contributed by atoms with Gasteiger partial charge in [-0.2, -0.15) is 0 Å². The standard InChI is InChI=1S/C16H22N4O/c1-16(2,3)10-20(4)15(21)12-9-14(19-17)18-13-8-6-5-7-11(12)13/h5-9H,10,17H2,1-4H3,(H,18,19). The number of nitrogens with one attached hydrogen (secondary N) is 1. The fourth-order valence-electron chi connectivity index (χ4n) is 2.42. The number of aromatic nitrogens is 1. The summed E-state index contributed by atoms with van der Waals surface area (Å²) < 4.78 is 0. The highest BCUT2D eigenvalue weighted by Crippen LogP contribution is 2.23. The van der Waals surface area contributed by atoms with Crippen LogP contribution < -0.4 is 11.3 Å². The van der Waals surface area contributed by atoms with Gasteiger partial charge in [0.25, 0.3) is 5.91 Å². The molecule has 0 bridgehead atoms. The molecule has 0 aliphatic heterocycles. The molecule has 0 saturated carbocycles. The van der Waals surface area contributed by atoms with Gasteiger partial charge >= 0.3 is 0 Å². The number of para-hydroxylation sites is 1. The highest BCUT2D eigenvalue weighted by Gasteiger charge is 2.21. The van der Waals surface area contributed by atoms with Gasteiger partial charge in [0.2, 0.25) is 0 Å². The maximum Gasteiger partial charge on any atom is 0.254 e. The van der Waals surface area contributed by atoms with Crippen molar-refractivity contribution in [1.29, 1.82) is 0 Å². The van der Waals surface area contributed by atoms with E-state index in [4.69, 9.17) is 5.84 Å². The number of hydrazine groups is 1. The van der Waals surface area contributed by atoms with Crippen LogP contribution in [-0.2, 0) is 0 Å². The molecule has 0 aliphatic rings. The van der Waals surface area contributed by atoms with Crippen LogP contribution in [0.3, 0.4) is 0 Å². The van der Waals surface area contributed by atoms with E-state index >= 15 is 0 Å². The molecule has 5 heteroatoms. The van der Waals surface area contributed by atoms with Gasteiger partial charge in [0.15, 0.2) is 0 Å². The summed E-state index contributed by atoms with van der Waals surface area (Å²) in [6.07, 6.45) is 0. The van der Waals surface area contributed by atoms with E-state index in [1.165, 1.54) is 0 Å². The van der Waals surface area contributed by atoms with Crippen LogP contribution in [0.1, 0.15) is 31.1 Å². The molecule has 1 amide bonds. The monoisotopic (exact) mass is 286 g/mol. The average Bonchev–Trinajstić information content (AvgIpc) is 2.43. The van der Waals surface area contributed by atoms with Crippen molar-refractivity contribution < 1.29 is 4.79 Å². The van der Waals surface area contributed by atoms with Gasteiger partial charge < -0.3 is 10.3 Å². The fourth-order valence-corrected chi connectivity index (χ4v) is 2.42. The Morgan fingerprint density at radius 2 is 2.00 bits per heavy atom. The Bertz CT molecular complexity index is 661. The average molecular weight is 286 g/mol. The Morgan fingerprint density at radius 1 is 1.33 bits per heavy atom. The Labute approximate surface area is 125 Å². The number of benzene rings is 1. The van der Waals surface area contributed by atoms with Crippen LogP contribution in [0, 0.1) is 5.41 Å². The number of rotatable bonds is 3. The van der Waals surface area contributed by atoms with E-state index < -0.39 is 0 Å². The van der Waals surface area contributed by atoms with Gasteiger partial charge in [-0.05, 0) is 17.5 Å². The number of hydrogen-bond donors (Lipinski definition) is 2. The van der Waals surface area contributed by atoms with Gasteiger partial charge in [0.05, 0.1) is 11.1 Å². The molecule has 5 nitrogen and oxygen atoms in total. The predicted octanol–water partition coefficient (Wildman–Crippen LogP) is 2.64. The van der Waals surface area contributed by atoms with Crippen molar-refractivity contribution in [3.05, 3.63) is 35.9 Å². The van der Waals surface area contributed by atoms with Gasteiger partial charge in [0, 0.05) is 19.0 Å². The van der Waals surface area contributed by atoms with E-state index in [-0.39, 0.29) is 11.3 Å². The molecule has 0 saturated heterocycles. The normalized spacial score (nSPS) is 11.5. The molecule has 0 spiro atoms. The molecule has 0 atom stereocenters. The van der Waals surface area contributed by atoms with Crippen molar-refractivity contribution in [1.82, 2.24) is 9.88 Å². The number of anilines is 1. The van der Waals surface area contributed by atoms with Crippen molar-refractivity contribution in [2.45, 2.75) is 20.8 Å². The number of amides is 1. The first-order valence-electron chi connectivity index (χ1n) is 6.94. The second-order valence-corrected chi connectivity index (χ2v) is 6.44. The van der Waals surface area contributed by atoms with Gasteiger partial charge in [-0.1, -0.05) is 39.0 Å². The van der Waals surface area contributed by atoms with E-state index in [1.54, 1.807) is 11.0 Å². The van der Waals surface area contributed by atoms with Crippen LogP contribution >= 0.6 is 0 Å². The number of hydrogen-bond acceptors (Lipinski definition) is 4.